The molecule has 1 aromatic carbocycles. The molecule has 4 rings (SSSR count). The van der Waals surface area contributed by atoms with Crippen molar-refractivity contribution in [1.82, 2.24) is 25.5 Å². The fraction of sp³-hybridized carbons (Fsp3) is 0.263. The van der Waals surface area contributed by atoms with Crippen molar-refractivity contribution in [1.29, 1.82) is 5.26 Å². The SMILES string of the molecule is N#Cc1cnc(Nc2cc(-c3ccc(N4CCNCC4)cc3OC(F)(F)F)[nH]n2)cn1. The molecule has 9 nitrogen and oxygen atoms in total. The third-order valence-electron chi connectivity index (χ3n) is 4.56. The van der Waals surface area contributed by atoms with Crippen molar-refractivity contribution in [2.75, 3.05) is 36.4 Å². The maximum atomic E-state index is 13.0. The summed E-state index contributed by atoms with van der Waals surface area (Å²) >= 11 is 0. The molecular weight excluding hydrogens is 413 g/mol. The molecule has 2 aromatic heterocycles. The number of nitriles is 1. The van der Waals surface area contributed by atoms with E-state index in [1.54, 1.807) is 12.1 Å². The number of aromatic amines is 1. The summed E-state index contributed by atoms with van der Waals surface area (Å²) in [4.78, 5) is 9.90. The first kappa shape index (κ1) is 20.4. The molecule has 160 valence electrons. The predicted octanol–water partition coefficient (Wildman–Crippen LogP) is 2.79. The Kier molecular flexibility index (Phi) is 5.59. The van der Waals surface area contributed by atoms with Gasteiger partial charge in [0.05, 0.1) is 18.1 Å². The summed E-state index contributed by atoms with van der Waals surface area (Å²) in [5.74, 6) is 0.327. The number of hydrogen-bond acceptors (Lipinski definition) is 8. The number of H-pyrrole nitrogens is 1. The Hall–Kier alpha value is -3.85. The van der Waals surface area contributed by atoms with Crippen LogP contribution >= 0.6 is 0 Å². The summed E-state index contributed by atoms with van der Waals surface area (Å²) in [6.45, 7) is 2.89. The summed E-state index contributed by atoms with van der Waals surface area (Å²) in [5, 5.41) is 21.6. The minimum absolute atomic E-state index is 0.159. The van der Waals surface area contributed by atoms with Gasteiger partial charge in [-0.1, -0.05) is 0 Å². The number of piperazine rings is 1. The Morgan fingerprint density at radius 3 is 2.58 bits per heavy atom. The van der Waals surface area contributed by atoms with Gasteiger partial charge in [0, 0.05) is 49.6 Å². The van der Waals surface area contributed by atoms with Crippen LogP contribution in [0.15, 0.2) is 36.7 Å². The van der Waals surface area contributed by atoms with Crippen molar-refractivity contribution in [3.05, 3.63) is 42.4 Å². The third kappa shape index (κ3) is 5.01. The monoisotopic (exact) mass is 430 g/mol. The largest absolute Gasteiger partial charge is 0.573 e. The second kappa shape index (κ2) is 8.49. The van der Waals surface area contributed by atoms with E-state index in [9.17, 15) is 13.2 Å². The van der Waals surface area contributed by atoms with Crippen LogP contribution in [0.25, 0.3) is 11.3 Å². The van der Waals surface area contributed by atoms with Crippen LogP contribution in [-0.4, -0.2) is 52.7 Å². The summed E-state index contributed by atoms with van der Waals surface area (Å²) in [7, 11) is 0. The van der Waals surface area contributed by atoms with Crippen LogP contribution in [0.4, 0.5) is 30.5 Å². The van der Waals surface area contributed by atoms with Crippen molar-refractivity contribution in [3.63, 3.8) is 0 Å². The minimum atomic E-state index is -4.84. The lowest BCUT2D eigenvalue weighted by Gasteiger charge is -2.30. The average Bonchev–Trinajstić information content (AvgIpc) is 3.22. The van der Waals surface area contributed by atoms with Gasteiger partial charge in [0.2, 0.25) is 0 Å². The van der Waals surface area contributed by atoms with Gasteiger partial charge in [-0.25, -0.2) is 9.97 Å². The number of ether oxygens (including phenoxy) is 1. The van der Waals surface area contributed by atoms with Gasteiger partial charge < -0.3 is 20.3 Å². The normalized spacial score (nSPS) is 14.2. The molecule has 0 radical (unpaired) electrons. The predicted molar refractivity (Wildman–Crippen MR) is 106 cm³/mol. The lowest BCUT2D eigenvalue weighted by molar-refractivity contribution is -0.274. The molecule has 31 heavy (non-hydrogen) atoms. The molecule has 3 N–H and O–H groups in total. The molecule has 0 unspecified atom stereocenters. The summed E-state index contributed by atoms with van der Waals surface area (Å²) in [5.41, 5.74) is 1.35. The van der Waals surface area contributed by atoms with Crippen LogP contribution in [0.2, 0.25) is 0 Å². The molecule has 0 bridgehead atoms. The molecular formula is C19H17F3N8O. The first-order valence-corrected chi connectivity index (χ1v) is 9.32. The standard InChI is InChI=1S/C19H17F3N8O/c20-19(21,22)31-16-7-13(30-5-3-24-4-6-30)1-2-14(16)15-8-17(29-28-15)27-18-11-25-12(9-23)10-26-18/h1-2,7-8,10-11,24H,3-6H2,(H2,26,27,28,29). The molecule has 1 aliphatic heterocycles. The van der Waals surface area contributed by atoms with Gasteiger partial charge in [-0.05, 0) is 12.1 Å². The van der Waals surface area contributed by atoms with Crippen LogP contribution in [0, 0.1) is 11.3 Å². The van der Waals surface area contributed by atoms with Crippen LogP contribution in [-0.2, 0) is 0 Å². The van der Waals surface area contributed by atoms with Gasteiger partial charge in [-0.15, -0.1) is 13.2 Å². The van der Waals surface area contributed by atoms with Gasteiger partial charge >= 0.3 is 6.36 Å². The Morgan fingerprint density at radius 1 is 1.10 bits per heavy atom. The summed E-state index contributed by atoms with van der Waals surface area (Å²) in [6.07, 6.45) is -2.19. The molecule has 1 saturated heterocycles. The van der Waals surface area contributed by atoms with Crippen molar-refractivity contribution < 1.29 is 17.9 Å². The molecule has 0 amide bonds. The number of hydrogen-bond donors (Lipinski definition) is 3. The lowest BCUT2D eigenvalue weighted by atomic mass is 10.1. The molecule has 0 spiro atoms. The molecule has 0 saturated carbocycles. The zero-order valence-electron chi connectivity index (χ0n) is 16.1. The van der Waals surface area contributed by atoms with E-state index in [1.165, 1.54) is 24.5 Å². The number of rotatable bonds is 5. The average molecular weight is 430 g/mol. The first-order valence-electron chi connectivity index (χ1n) is 9.32. The molecule has 0 atom stereocenters. The Balaban J connectivity index is 1.60. The molecule has 12 heteroatoms. The zero-order valence-corrected chi connectivity index (χ0v) is 16.1. The second-order valence-corrected chi connectivity index (χ2v) is 6.66. The number of alkyl halides is 3. The van der Waals surface area contributed by atoms with Crippen molar-refractivity contribution >= 4 is 17.3 Å². The zero-order chi connectivity index (χ0) is 21.8. The third-order valence-corrected chi connectivity index (χ3v) is 4.56. The number of nitrogens with one attached hydrogen (secondary N) is 3. The minimum Gasteiger partial charge on any atom is -0.405 e. The molecule has 3 heterocycles. The smallest absolute Gasteiger partial charge is 0.405 e. The van der Waals surface area contributed by atoms with Crippen LogP contribution in [0.1, 0.15) is 5.69 Å². The summed E-state index contributed by atoms with van der Waals surface area (Å²) < 4.78 is 43.4. The fourth-order valence-corrected chi connectivity index (χ4v) is 3.17. The number of halogens is 3. The van der Waals surface area contributed by atoms with Crippen LogP contribution in [0.3, 0.4) is 0 Å². The maximum absolute atomic E-state index is 13.0. The number of benzene rings is 1. The van der Waals surface area contributed by atoms with Gasteiger partial charge in [-0.2, -0.15) is 10.4 Å². The number of anilines is 3. The topological polar surface area (TPSA) is 115 Å². The van der Waals surface area contributed by atoms with Gasteiger partial charge in [0.25, 0.3) is 0 Å². The molecule has 1 aliphatic rings. The van der Waals surface area contributed by atoms with Crippen molar-refractivity contribution in [2.45, 2.75) is 6.36 Å². The molecule has 3 aromatic rings. The van der Waals surface area contributed by atoms with E-state index in [2.05, 4.69) is 35.5 Å². The molecule has 1 fully saturated rings. The highest BCUT2D eigenvalue weighted by molar-refractivity contribution is 5.73. The van der Waals surface area contributed by atoms with Crippen LogP contribution in [0.5, 0.6) is 5.75 Å². The van der Waals surface area contributed by atoms with E-state index in [0.717, 1.165) is 13.1 Å². The number of nitrogens with zero attached hydrogens (tertiary/aromatic N) is 5. The lowest BCUT2D eigenvalue weighted by Crippen LogP contribution is -2.43. The number of aromatic nitrogens is 4. The first-order chi connectivity index (χ1) is 14.9. The quantitative estimate of drug-likeness (QED) is 0.566. The van der Waals surface area contributed by atoms with Crippen molar-refractivity contribution in [3.8, 4) is 23.1 Å². The van der Waals surface area contributed by atoms with Crippen LogP contribution < -0.4 is 20.3 Å². The fourth-order valence-electron chi connectivity index (χ4n) is 3.17. The Bertz CT molecular complexity index is 1080. The highest BCUT2D eigenvalue weighted by Crippen LogP contribution is 2.37. The van der Waals surface area contributed by atoms with E-state index < -0.39 is 6.36 Å². The van der Waals surface area contributed by atoms with E-state index >= 15 is 0 Å². The Morgan fingerprint density at radius 2 is 1.90 bits per heavy atom. The highest BCUT2D eigenvalue weighted by Gasteiger charge is 2.33. The highest BCUT2D eigenvalue weighted by atomic mass is 19.4. The van der Waals surface area contributed by atoms with E-state index in [1.807, 2.05) is 11.0 Å². The van der Waals surface area contributed by atoms with E-state index in [-0.39, 0.29) is 17.0 Å². The van der Waals surface area contributed by atoms with Gasteiger partial charge in [0.1, 0.15) is 17.6 Å². The van der Waals surface area contributed by atoms with Gasteiger partial charge in [-0.3, -0.25) is 5.10 Å². The van der Waals surface area contributed by atoms with Gasteiger partial charge in [0.15, 0.2) is 11.5 Å². The van der Waals surface area contributed by atoms with E-state index in [4.69, 9.17) is 5.26 Å². The van der Waals surface area contributed by atoms with E-state index in [0.29, 0.717) is 36.1 Å². The maximum Gasteiger partial charge on any atom is 0.573 e. The summed E-state index contributed by atoms with van der Waals surface area (Å²) in [6, 6.07) is 8.10. The Labute approximate surface area is 174 Å². The molecule has 0 aliphatic carbocycles. The second-order valence-electron chi connectivity index (χ2n) is 6.66. The van der Waals surface area contributed by atoms with Crippen molar-refractivity contribution in [2.24, 2.45) is 0 Å².